The van der Waals surface area contributed by atoms with Gasteiger partial charge in [0, 0.05) is 5.57 Å². The van der Waals surface area contributed by atoms with E-state index >= 15 is 0 Å². The van der Waals surface area contributed by atoms with Crippen LogP contribution in [0.4, 0.5) is 0 Å². The number of carbonyl (C=O) groups excluding carboxylic acids is 3. The van der Waals surface area contributed by atoms with Crippen molar-refractivity contribution in [2.75, 3.05) is 0 Å². The minimum atomic E-state index is -0.890. The summed E-state index contributed by atoms with van der Waals surface area (Å²) in [5, 5.41) is 0. The van der Waals surface area contributed by atoms with E-state index in [0.717, 1.165) is 0 Å². The molecule has 7 atom stereocenters. The van der Waals surface area contributed by atoms with Gasteiger partial charge >= 0.3 is 11.9 Å². The lowest BCUT2D eigenvalue weighted by Gasteiger charge is -2.40. The molecule has 5 heteroatoms. The number of allylic oxidation sites excluding steroid dienone is 2. The van der Waals surface area contributed by atoms with Crippen molar-refractivity contribution in [3.63, 3.8) is 0 Å². The van der Waals surface area contributed by atoms with Gasteiger partial charge in [0.1, 0.15) is 12.2 Å². The van der Waals surface area contributed by atoms with Gasteiger partial charge in [0.05, 0.1) is 17.3 Å². The minimum absolute atomic E-state index is 0.0492. The first-order valence-corrected chi connectivity index (χ1v) is 9.04. The number of esters is 2. The molecule has 0 N–H and O–H groups in total. The van der Waals surface area contributed by atoms with Gasteiger partial charge in [0.25, 0.3) is 0 Å². The van der Waals surface area contributed by atoms with E-state index < -0.39 is 29.5 Å². The quantitative estimate of drug-likeness (QED) is 0.580. The van der Waals surface area contributed by atoms with Crippen LogP contribution < -0.4 is 0 Å². The van der Waals surface area contributed by atoms with E-state index in [2.05, 4.69) is 13.5 Å². The van der Waals surface area contributed by atoms with E-state index in [1.807, 2.05) is 19.9 Å². The van der Waals surface area contributed by atoms with Gasteiger partial charge < -0.3 is 9.47 Å². The molecule has 1 saturated heterocycles. The molecule has 1 saturated carbocycles. The molecule has 2 fully saturated rings. The van der Waals surface area contributed by atoms with E-state index in [9.17, 15) is 14.4 Å². The second-order valence-electron chi connectivity index (χ2n) is 7.91. The Hall–Kier alpha value is -1.91. The zero-order chi connectivity index (χ0) is 18.5. The number of carbonyl (C=O) groups is 3. The van der Waals surface area contributed by atoms with Gasteiger partial charge in [-0.05, 0) is 37.7 Å². The van der Waals surface area contributed by atoms with Crippen molar-refractivity contribution in [2.24, 2.45) is 29.1 Å². The highest BCUT2D eigenvalue weighted by atomic mass is 16.6. The highest BCUT2D eigenvalue weighted by Crippen LogP contribution is 2.54. The van der Waals surface area contributed by atoms with E-state index in [1.165, 1.54) is 0 Å². The molecule has 136 valence electrons. The standard InChI is InChI=1S/C20H26O5/c1-6-10(2)18(22)25-17-16-12(4)19(23)24-14(16)9-11(3)13-7-8-15(21)20(13,17)5/h7-8,10-11,13-14,16-17H,4,6,9H2,1-3,5H3/t10-,11-,13+,14-,16-,17+,20+/m1/s1. The Balaban J connectivity index is 2.06. The smallest absolute Gasteiger partial charge is 0.334 e. The molecule has 3 rings (SSSR count). The van der Waals surface area contributed by atoms with E-state index in [4.69, 9.17) is 9.47 Å². The molecule has 0 spiro atoms. The average Bonchev–Trinajstić information content (AvgIpc) is 2.99. The highest BCUT2D eigenvalue weighted by molar-refractivity contribution is 5.99. The van der Waals surface area contributed by atoms with Crippen molar-refractivity contribution < 1.29 is 23.9 Å². The van der Waals surface area contributed by atoms with Crippen LogP contribution in [0.3, 0.4) is 0 Å². The third-order valence-corrected chi connectivity index (χ3v) is 6.39. The molecule has 0 radical (unpaired) electrons. The molecule has 0 unspecified atom stereocenters. The summed E-state index contributed by atoms with van der Waals surface area (Å²) in [6.45, 7) is 11.5. The summed E-state index contributed by atoms with van der Waals surface area (Å²) < 4.78 is 11.4. The Morgan fingerprint density at radius 2 is 2.16 bits per heavy atom. The highest BCUT2D eigenvalue weighted by Gasteiger charge is 2.62. The summed E-state index contributed by atoms with van der Waals surface area (Å²) in [6, 6.07) is 0. The van der Waals surface area contributed by atoms with E-state index in [-0.39, 0.29) is 29.5 Å². The third kappa shape index (κ3) is 2.55. The maximum atomic E-state index is 12.8. The largest absolute Gasteiger partial charge is 0.460 e. The van der Waals surface area contributed by atoms with Crippen LogP contribution in [0.5, 0.6) is 0 Å². The molecule has 1 aliphatic heterocycles. The number of ether oxygens (including phenoxy) is 2. The lowest BCUT2D eigenvalue weighted by Crippen LogP contribution is -2.49. The molecular weight excluding hydrogens is 320 g/mol. The van der Waals surface area contributed by atoms with Crippen molar-refractivity contribution in [3.05, 3.63) is 24.3 Å². The number of ketones is 1. The maximum Gasteiger partial charge on any atom is 0.334 e. The lowest BCUT2D eigenvalue weighted by atomic mass is 9.67. The molecule has 0 aromatic carbocycles. The first kappa shape index (κ1) is 17.9. The first-order chi connectivity index (χ1) is 11.7. The maximum absolute atomic E-state index is 12.8. The Kier molecular flexibility index (Phi) is 4.38. The Morgan fingerprint density at radius 1 is 1.48 bits per heavy atom. The van der Waals surface area contributed by atoms with Gasteiger partial charge in [0.2, 0.25) is 0 Å². The Morgan fingerprint density at radius 3 is 2.80 bits per heavy atom. The molecule has 3 aliphatic rings. The van der Waals surface area contributed by atoms with Crippen LogP contribution in [0.25, 0.3) is 0 Å². The fourth-order valence-electron chi connectivity index (χ4n) is 4.55. The van der Waals surface area contributed by atoms with Gasteiger partial charge in [-0.2, -0.15) is 0 Å². The third-order valence-electron chi connectivity index (χ3n) is 6.39. The minimum Gasteiger partial charge on any atom is -0.460 e. The fourth-order valence-corrected chi connectivity index (χ4v) is 4.55. The summed E-state index contributed by atoms with van der Waals surface area (Å²) in [7, 11) is 0. The number of rotatable bonds is 3. The monoisotopic (exact) mass is 346 g/mol. The van der Waals surface area contributed by atoms with Crippen LogP contribution in [-0.2, 0) is 23.9 Å². The van der Waals surface area contributed by atoms with Crippen molar-refractivity contribution in [1.29, 1.82) is 0 Å². The molecule has 0 bridgehead atoms. The molecule has 1 heterocycles. The molecule has 2 aliphatic carbocycles. The predicted molar refractivity (Wildman–Crippen MR) is 91.4 cm³/mol. The lowest BCUT2D eigenvalue weighted by molar-refractivity contribution is -0.168. The van der Waals surface area contributed by atoms with Gasteiger partial charge in [-0.15, -0.1) is 0 Å². The van der Waals surface area contributed by atoms with E-state index in [0.29, 0.717) is 18.4 Å². The Bertz CT molecular complexity index is 663. The normalized spacial score (nSPS) is 41.0. The molecule has 0 amide bonds. The van der Waals surface area contributed by atoms with Crippen molar-refractivity contribution in [1.82, 2.24) is 0 Å². The van der Waals surface area contributed by atoms with Gasteiger partial charge in [-0.25, -0.2) is 4.79 Å². The Labute approximate surface area is 148 Å². The topological polar surface area (TPSA) is 69.7 Å². The second kappa shape index (κ2) is 6.11. The average molecular weight is 346 g/mol. The zero-order valence-electron chi connectivity index (χ0n) is 15.3. The van der Waals surface area contributed by atoms with Crippen molar-refractivity contribution in [3.8, 4) is 0 Å². The van der Waals surface area contributed by atoms with Crippen LogP contribution in [0.1, 0.15) is 40.5 Å². The predicted octanol–water partition coefficient (Wildman–Crippen LogP) is 2.84. The second-order valence-corrected chi connectivity index (χ2v) is 7.91. The van der Waals surface area contributed by atoms with Crippen LogP contribution in [0.2, 0.25) is 0 Å². The summed E-state index contributed by atoms with van der Waals surface area (Å²) in [6.07, 6.45) is 3.65. The SMILES string of the molecule is C=C1C(=O)O[C@@H]2C[C@@H](C)[C@@H]3C=CC(=O)[C@@]3(C)[C@@H](OC(=O)[C@H](C)CC)[C@H]12. The fraction of sp³-hybridized carbons (Fsp3) is 0.650. The van der Waals surface area contributed by atoms with Gasteiger partial charge in [0.15, 0.2) is 5.78 Å². The summed E-state index contributed by atoms with van der Waals surface area (Å²) in [5.41, 5.74) is -0.584. The van der Waals surface area contributed by atoms with Crippen LogP contribution >= 0.6 is 0 Å². The summed E-state index contributed by atoms with van der Waals surface area (Å²) in [5.74, 6) is -1.50. The first-order valence-electron chi connectivity index (χ1n) is 9.04. The summed E-state index contributed by atoms with van der Waals surface area (Å²) in [4.78, 5) is 37.4. The molecule has 5 nitrogen and oxygen atoms in total. The van der Waals surface area contributed by atoms with Crippen LogP contribution in [-0.4, -0.2) is 29.9 Å². The van der Waals surface area contributed by atoms with Crippen molar-refractivity contribution in [2.45, 2.75) is 52.7 Å². The van der Waals surface area contributed by atoms with Gasteiger partial charge in [-0.1, -0.05) is 33.4 Å². The number of fused-ring (bicyclic) bond motifs is 2. The van der Waals surface area contributed by atoms with Gasteiger partial charge in [-0.3, -0.25) is 9.59 Å². The molecule has 25 heavy (non-hydrogen) atoms. The number of hydrogen-bond acceptors (Lipinski definition) is 5. The van der Waals surface area contributed by atoms with E-state index in [1.54, 1.807) is 13.0 Å². The molecule has 0 aromatic rings. The van der Waals surface area contributed by atoms with Crippen LogP contribution in [0.15, 0.2) is 24.3 Å². The number of hydrogen-bond donors (Lipinski definition) is 0. The summed E-state index contributed by atoms with van der Waals surface area (Å²) >= 11 is 0. The molecule has 0 aromatic heterocycles. The van der Waals surface area contributed by atoms with Crippen molar-refractivity contribution >= 4 is 17.7 Å². The van der Waals surface area contributed by atoms with Crippen LogP contribution in [0, 0.1) is 29.1 Å². The zero-order valence-corrected chi connectivity index (χ0v) is 15.3. The molecular formula is C20H26O5.